The van der Waals surface area contributed by atoms with E-state index in [4.69, 9.17) is 19.4 Å². The van der Waals surface area contributed by atoms with E-state index in [9.17, 15) is 0 Å². The normalized spacial score (nSPS) is 11.3. The maximum absolute atomic E-state index is 6.70. The van der Waals surface area contributed by atoms with Gasteiger partial charge in [-0.05, 0) is 58.1 Å². The molecular formula is C45H29N3O. The summed E-state index contributed by atoms with van der Waals surface area (Å²) >= 11 is 0. The summed E-state index contributed by atoms with van der Waals surface area (Å²) in [5.74, 6) is 1.91. The number of benzene rings is 7. The molecule has 0 aliphatic heterocycles. The SMILES string of the molecule is c1ccc(-c2cc(-c3ccccc3)c3oc4cc(-c5cccc(-c6nc(-c7ccccc7)nc(-c7ccccc7)n6)c5)ccc4c3c2)cc1. The summed E-state index contributed by atoms with van der Waals surface area (Å²) in [4.78, 5) is 14.7. The van der Waals surface area contributed by atoms with Gasteiger partial charge in [0.2, 0.25) is 0 Å². The highest BCUT2D eigenvalue weighted by molar-refractivity contribution is 6.12. The van der Waals surface area contributed by atoms with E-state index in [0.717, 1.165) is 66.4 Å². The van der Waals surface area contributed by atoms with Crippen molar-refractivity contribution in [1.29, 1.82) is 0 Å². The molecule has 9 rings (SSSR count). The van der Waals surface area contributed by atoms with E-state index in [1.165, 1.54) is 5.56 Å². The molecule has 2 aromatic heterocycles. The fourth-order valence-electron chi connectivity index (χ4n) is 6.46. The zero-order valence-electron chi connectivity index (χ0n) is 26.5. The summed E-state index contributed by atoms with van der Waals surface area (Å²) in [6.45, 7) is 0. The molecule has 0 aliphatic carbocycles. The molecule has 0 amide bonds. The van der Waals surface area contributed by atoms with E-state index in [-0.39, 0.29) is 0 Å². The van der Waals surface area contributed by atoms with Crippen molar-refractivity contribution >= 4 is 21.9 Å². The monoisotopic (exact) mass is 627 g/mol. The number of rotatable bonds is 6. The number of aromatic nitrogens is 3. The molecule has 0 spiro atoms. The van der Waals surface area contributed by atoms with Gasteiger partial charge >= 0.3 is 0 Å². The highest BCUT2D eigenvalue weighted by Crippen LogP contribution is 2.41. The molecule has 4 nitrogen and oxygen atoms in total. The van der Waals surface area contributed by atoms with Crippen molar-refractivity contribution in [1.82, 2.24) is 15.0 Å². The Morgan fingerprint density at radius 2 is 0.796 bits per heavy atom. The van der Waals surface area contributed by atoms with E-state index in [0.29, 0.717) is 17.5 Å². The highest BCUT2D eigenvalue weighted by Gasteiger charge is 2.17. The summed E-state index contributed by atoms with van der Waals surface area (Å²) in [7, 11) is 0. The van der Waals surface area contributed by atoms with Crippen LogP contribution in [0.5, 0.6) is 0 Å². The molecule has 0 saturated carbocycles. The third kappa shape index (κ3) is 5.45. The van der Waals surface area contributed by atoms with Gasteiger partial charge in [-0.15, -0.1) is 0 Å². The number of furan rings is 1. The summed E-state index contributed by atoms with van der Waals surface area (Å²) in [6.07, 6.45) is 0. The van der Waals surface area contributed by atoms with Gasteiger partial charge in [0.1, 0.15) is 11.2 Å². The molecule has 2 heterocycles. The van der Waals surface area contributed by atoms with E-state index in [1.54, 1.807) is 0 Å². The number of hydrogen-bond donors (Lipinski definition) is 0. The molecule has 0 atom stereocenters. The summed E-state index contributed by atoms with van der Waals surface area (Å²) in [5, 5.41) is 2.19. The van der Waals surface area contributed by atoms with Crippen LogP contribution < -0.4 is 0 Å². The third-order valence-corrected chi connectivity index (χ3v) is 8.92. The van der Waals surface area contributed by atoms with E-state index < -0.39 is 0 Å². The molecule has 0 radical (unpaired) electrons. The van der Waals surface area contributed by atoms with E-state index in [2.05, 4.69) is 109 Å². The molecule has 0 bridgehead atoms. The standard InChI is InChI=1S/C45H29N3O/c1-5-14-30(15-6-1)37-27-39(31-16-7-2-8-17-31)42-40(28-37)38-25-24-35(29-41(38)49-42)34-22-13-23-36(26-34)45-47-43(32-18-9-3-10-19-32)46-44(48-45)33-20-11-4-12-21-33/h1-29H. The van der Waals surface area contributed by atoms with Gasteiger partial charge in [0, 0.05) is 33.0 Å². The Labute approximate surface area is 284 Å². The first-order valence-corrected chi connectivity index (χ1v) is 16.4. The van der Waals surface area contributed by atoms with Crippen LogP contribution in [0.4, 0.5) is 0 Å². The summed E-state index contributed by atoms with van der Waals surface area (Å²) < 4.78 is 6.70. The number of fused-ring (bicyclic) bond motifs is 3. The van der Waals surface area contributed by atoms with Crippen LogP contribution in [0.3, 0.4) is 0 Å². The van der Waals surface area contributed by atoms with Gasteiger partial charge < -0.3 is 4.42 Å². The smallest absolute Gasteiger partial charge is 0.164 e. The van der Waals surface area contributed by atoms with Crippen molar-refractivity contribution in [3.8, 4) is 67.5 Å². The van der Waals surface area contributed by atoms with Gasteiger partial charge in [0.05, 0.1) is 0 Å². The van der Waals surface area contributed by atoms with Crippen molar-refractivity contribution in [3.05, 3.63) is 176 Å². The molecule has 230 valence electrons. The zero-order valence-corrected chi connectivity index (χ0v) is 26.5. The predicted molar refractivity (Wildman–Crippen MR) is 200 cm³/mol. The average molecular weight is 628 g/mol. The average Bonchev–Trinajstić information content (AvgIpc) is 3.57. The first-order valence-electron chi connectivity index (χ1n) is 16.4. The molecule has 7 aromatic carbocycles. The Morgan fingerprint density at radius 3 is 1.41 bits per heavy atom. The third-order valence-electron chi connectivity index (χ3n) is 8.92. The van der Waals surface area contributed by atoms with Crippen LogP contribution in [-0.4, -0.2) is 15.0 Å². The second-order valence-corrected chi connectivity index (χ2v) is 12.1. The Morgan fingerprint density at radius 1 is 0.306 bits per heavy atom. The van der Waals surface area contributed by atoms with E-state index >= 15 is 0 Å². The van der Waals surface area contributed by atoms with Gasteiger partial charge in [-0.2, -0.15) is 0 Å². The van der Waals surface area contributed by atoms with Crippen LogP contribution in [0.25, 0.3) is 89.5 Å². The van der Waals surface area contributed by atoms with Crippen LogP contribution in [-0.2, 0) is 0 Å². The minimum Gasteiger partial charge on any atom is -0.455 e. The molecule has 49 heavy (non-hydrogen) atoms. The Hall–Kier alpha value is -6.65. The summed E-state index contributed by atoms with van der Waals surface area (Å²) in [6, 6.07) is 60.4. The maximum Gasteiger partial charge on any atom is 0.164 e. The van der Waals surface area contributed by atoms with Gasteiger partial charge in [0.25, 0.3) is 0 Å². The van der Waals surface area contributed by atoms with Gasteiger partial charge in [0.15, 0.2) is 17.5 Å². The van der Waals surface area contributed by atoms with Crippen molar-refractivity contribution < 1.29 is 4.42 Å². The lowest BCUT2D eigenvalue weighted by atomic mass is 9.95. The molecule has 0 fully saturated rings. The Balaban J connectivity index is 1.17. The first-order chi connectivity index (χ1) is 24.3. The van der Waals surface area contributed by atoms with Crippen LogP contribution in [0.15, 0.2) is 180 Å². The van der Waals surface area contributed by atoms with Crippen molar-refractivity contribution in [2.75, 3.05) is 0 Å². The van der Waals surface area contributed by atoms with Crippen LogP contribution in [0.1, 0.15) is 0 Å². The largest absolute Gasteiger partial charge is 0.455 e. The summed E-state index contributed by atoms with van der Waals surface area (Å²) in [5.41, 5.74) is 11.2. The fraction of sp³-hybridized carbons (Fsp3) is 0. The Bertz CT molecular complexity index is 2520. The number of nitrogens with zero attached hydrogens (tertiary/aromatic N) is 3. The topological polar surface area (TPSA) is 51.8 Å². The number of hydrogen-bond acceptors (Lipinski definition) is 4. The quantitative estimate of drug-likeness (QED) is 0.184. The molecule has 0 N–H and O–H groups in total. The lowest BCUT2D eigenvalue weighted by Crippen LogP contribution is -2.00. The van der Waals surface area contributed by atoms with Crippen LogP contribution in [0.2, 0.25) is 0 Å². The molecule has 9 aromatic rings. The van der Waals surface area contributed by atoms with Gasteiger partial charge in [-0.1, -0.05) is 146 Å². The van der Waals surface area contributed by atoms with Crippen molar-refractivity contribution in [2.24, 2.45) is 0 Å². The lowest BCUT2D eigenvalue weighted by Gasteiger charge is -2.09. The zero-order chi connectivity index (χ0) is 32.6. The van der Waals surface area contributed by atoms with E-state index in [1.807, 2.05) is 66.7 Å². The molecule has 0 aliphatic rings. The van der Waals surface area contributed by atoms with Crippen LogP contribution in [0, 0.1) is 0 Å². The van der Waals surface area contributed by atoms with Gasteiger partial charge in [-0.3, -0.25) is 0 Å². The first kappa shape index (κ1) is 28.6. The minimum absolute atomic E-state index is 0.625. The predicted octanol–water partition coefficient (Wildman–Crippen LogP) is 11.8. The molecule has 0 saturated heterocycles. The minimum atomic E-state index is 0.625. The lowest BCUT2D eigenvalue weighted by molar-refractivity contribution is 0.670. The van der Waals surface area contributed by atoms with Crippen molar-refractivity contribution in [3.63, 3.8) is 0 Å². The Kier molecular flexibility index (Phi) is 7.10. The van der Waals surface area contributed by atoms with Crippen molar-refractivity contribution in [2.45, 2.75) is 0 Å². The fourth-order valence-corrected chi connectivity index (χ4v) is 6.46. The second kappa shape index (κ2) is 12.2. The molecular weight excluding hydrogens is 599 g/mol. The second-order valence-electron chi connectivity index (χ2n) is 12.1. The maximum atomic E-state index is 6.70. The van der Waals surface area contributed by atoms with Crippen LogP contribution >= 0.6 is 0 Å². The molecule has 4 heteroatoms. The van der Waals surface area contributed by atoms with Gasteiger partial charge in [-0.25, -0.2) is 15.0 Å². The molecule has 0 unspecified atom stereocenters. The highest BCUT2D eigenvalue weighted by atomic mass is 16.3.